The maximum Gasteiger partial charge on any atom is 0.208 e. The third-order valence-electron chi connectivity index (χ3n) is 2.57. The number of piperidine rings is 1. The SMILES string of the molecule is CC1(C)CC(NS(C)(=O)=O)CC(C)(C)N1. The molecule has 0 aromatic carbocycles. The van der Waals surface area contributed by atoms with E-state index in [1.165, 1.54) is 6.26 Å². The number of nitrogens with one attached hydrogen (secondary N) is 2. The molecule has 0 saturated carbocycles. The van der Waals surface area contributed by atoms with E-state index >= 15 is 0 Å². The molecule has 90 valence electrons. The molecule has 0 atom stereocenters. The van der Waals surface area contributed by atoms with Crippen molar-refractivity contribution in [1.82, 2.24) is 10.0 Å². The quantitative estimate of drug-likeness (QED) is 0.744. The second-order valence-corrected chi connectivity index (χ2v) is 7.67. The van der Waals surface area contributed by atoms with Crippen LogP contribution >= 0.6 is 0 Å². The normalized spacial score (nSPS) is 26.5. The van der Waals surface area contributed by atoms with E-state index in [4.69, 9.17) is 0 Å². The van der Waals surface area contributed by atoms with Gasteiger partial charge in [0.2, 0.25) is 10.0 Å². The Morgan fingerprint density at radius 3 is 1.87 bits per heavy atom. The van der Waals surface area contributed by atoms with Gasteiger partial charge in [-0.3, -0.25) is 0 Å². The fraction of sp³-hybridized carbons (Fsp3) is 1.00. The Bertz CT molecular complexity index is 317. The minimum absolute atomic E-state index is 0.0237. The molecule has 0 amide bonds. The van der Waals surface area contributed by atoms with Gasteiger partial charge in [-0.15, -0.1) is 0 Å². The second-order valence-electron chi connectivity index (χ2n) is 5.89. The number of rotatable bonds is 2. The highest BCUT2D eigenvalue weighted by molar-refractivity contribution is 7.88. The van der Waals surface area contributed by atoms with Gasteiger partial charge < -0.3 is 5.32 Å². The van der Waals surface area contributed by atoms with Gasteiger partial charge in [0.1, 0.15) is 0 Å². The number of hydrogen-bond acceptors (Lipinski definition) is 3. The Kier molecular flexibility index (Phi) is 3.20. The topological polar surface area (TPSA) is 58.2 Å². The van der Waals surface area contributed by atoms with Crippen LogP contribution in [0.3, 0.4) is 0 Å². The summed E-state index contributed by atoms with van der Waals surface area (Å²) in [6.07, 6.45) is 2.86. The average Bonchev–Trinajstić information content (AvgIpc) is 1.70. The maximum absolute atomic E-state index is 11.2. The van der Waals surface area contributed by atoms with E-state index in [1.54, 1.807) is 0 Å². The molecule has 0 radical (unpaired) electrons. The van der Waals surface area contributed by atoms with Crippen molar-refractivity contribution in [2.75, 3.05) is 6.26 Å². The van der Waals surface area contributed by atoms with E-state index in [9.17, 15) is 8.42 Å². The Hall–Kier alpha value is -0.130. The van der Waals surface area contributed by atoms with Crippen LogP contribution < -0.4 is 10.0 Å². The van der Waals surface area contributed by atoms with Crippen molar-refractivity contribution in [1.29, 1.82) is 0 Å². The van der Waals surface area contributed by atoms with Crippen LogP contribution in [-0.2, 0) is 10.0 Å². The molecule has 0 aromatic heterocycles. The van der Waals surface area contributed by atoms with Crippen LogP contribution in [0.15, 0.2) is 0 Å². The third-order valence-corrected chi connectivity index (χ3v) is 3.33. The van der Waals surface area contributed by atoms with Gasteiger partial charge in [-0.25, -0.2) is 13.1 Å². The van der Waals surface area contributed by atoms with Crippen molar-refractivity contribution >= 4 is 10.0 Å². The van der Waals surface area contributed by atoms with Crippen molar-refractivity contribution in [2.45, 2.75) is 57.7 Å². The van der Waals surface area contributed by atoms with Gasteiger partial charge in [-0.1, -0.05) is 0 Å². The lowest BCUT2D eigenvalue weighted by Gasteiger charge is -2.46. The summed E-state index contributed by atoms with van der Waals surface area (Å²) in [5.74, 6) is 0. The summed E-state index contributed by atoms with van der Waals surface area (Å²) in [7, 11) is -3.10. The first-order chi connectivity index (χ1) is 6.49. The summed E-state index contributed by atoms with van der Waals surface area (Å²) in [6, 6.07) is 0.0336. The van der Waals surface area contributed by atoms with Crippen molar-refractivity contribution in [3.8, 4) is 0 Å². The molecule has 1 fully saturated rings. The fourth-order valence-electron chi connectivity index (χ4n) is 2.71. The van der Waals surface area contributed by atoms with Gasteiger partial charge in [0.25, 0.3) is 0 Å². The molecule has 1 rings (SSSR count). The summed E-state index contributed by atoms with van der Waals surface area (Å²) in [6.45, 7) is 8.41. The van der Waals surface area contributed by atoms with Crippen LogP contribution in [0.2, 0.25) is 0 Å². The lowest BCUT2D eigenvalue weighted by atomic mass is 9.80. The van der Waals surface area contributed by atoms with Crippen LogP contribution in [0, 0.1) is 0 Å². The molecule has 1 aliphatic heterocycles. The van der Waals surface area contributed by atoms with Crippen molar-refractivity contribution < 1.29 is 8.42 Å². The Balaban J connectivity index is 2.76. The summed E-state index contributed by atoms with van der Waals surface area (Å²) in [4.78, 5) is 0. The fourth-order valence-corrected chi connectivity index (χ4v) is 3.48. The largest absolute Gasteiger partial charge is 0.307 e. The molecular weight excluding hydrogens is 212 g/mol. The third kappa shape index (κ3) is 4.49. The van der Waals surface area contributed by atoms with Gasteiger partial charge in [0.05, 0.1) is 6.26 Å². The van der Waals surface area contributed by atoms with Gasteiger partial charge in [0.15, 0.2) is 0 Å². The number of hydrogen-bond donors (Lipinski definition) is 2. The van der Waals surface area contributed by atoms with E-state index in [0.29, 0.717) is 0 Å². The Morgan fingerprint density at radius 2 is 1.53 bits per heavy atom. The monoisotopic (exact) mass is 234 g/mol. The highest BCUT2D eigenvalue weighted by atomic mass is 32.2. The molecule has 1 saturated heterocycles. The molecule has 1 heterocycles. The smallest absolute Gasteiger partial charge is 0.208 e. The van der Waals surface area contributed by atoms with Crippen LogP contribution in [0.1, 0.15) is 40.5 Å². The predicted octanol–water partition coefficient (Wildman–Crippen LogP) is 0.845. The Labute approximate surface area is 92.9 Å². The molecule has 1 aliphatic rings. The van der Waals surface area contributed by atoms with Crippen LogP contribution in [0.5, 0.6) is 0 Å². The van der Waals surface area contributed by atoms with E-state index in [-0.39, 0.29) is 17.1 Å². The lowest BCUT2D eigenvalue weighted by Crippen LogP contribution is -2.62. The lowest BCUT2D eigenvalue weighted by molar-refractivity contribution is 0.157. The van der Waals surface area contributed by atoms with Gasteiger partial charge in [-0.05, 0) is 40.5 Å². The maximum atomic E-state index is 11.2. The molecule has 5 heteroatoms. The van der Waals surface area contributed by atoms with Crippen LogP contribution in [0.4, 0.5) is 0 Å². The summed E-state index contributed by atoms with van der Waals surface area (Å²) < 4.78 is 25.1. The summed E-state index contributed by atoms with van der Waals surface area (Å²) in [5.41, 5.74) is -0.0474. The Morgan fingerprint density at radius 1 is 1.13 bits per heavy atom. The second kappa shape index (κ2) is 3.71. The first kappa shape index (κ1) is 12.9. The zero-order valence-corrected chi connectivity index (χ0v) is 11.0. The predicted molar refractivity (Wildman–Crippen MR) is 62.3 cm³/mol. The highest BCUT2D eigenvalue weighted by Gasteiger charge is 2.38. The summed E-state index contributed by atoms with van der Waals surface area (Å²) >= 11 is 0. The van der Waals surface area contributed by atoms with Gasteiger partial charge >= 0.3 is 0 Å². The van der Waals surface area contributed by atoms with Crippen molar-refractivity contribution in [2.24, 2.45) is 0 Å². The molecule has 0 bridgehead atoms. The molecule has 2 N–H and O–H groups in total. The minimum atomic E-state index is -3.10. The molecule has 0 aromatic rings. The van der Waals surface area contributed by atoms with Gasteiger partial charge in [0, 0.05) is 17.1 Å². The molecule has 0 spiro atoms. The zero-order chi connectivity index (χ0) is 11.9. The van der Waals surface area contributed by atoms with E-state index in [0.717, 1.165) is 12.8 Å². The molecular formula is C10H22N2O2S. The molecule has 15 heavy (non-hydrogen) atoms. The van der Waals surface area contributed by atoms with Crippen molar-refractivity contribution in [3.63, 3.8) is 0 Å². The van der Waals surface area contributed by atoms with E-state index < -0.39 is 10.0 Å². The first-order valence-electron chi connectivity index (χ1n) is 5.26. The average molecular weight is 234 g/mol. The highest BCUT2D eigenvalue weighted by Crippen LogP contribution is 2.28. The zero-order valence-electron chi connectivity index (χ0n) is 10.2. The molecule has 0 aliphatic carbocycles. The first-order valence-corrected chi connectivity index (χ1v) is 7.15. The standard InChI is InChI=1S/C10H22N2O2S/c1-9(2)6-8(11-15(5,13)14)7-10(3,4)12-9/h8,11-12H,6-7H2,1-5H3. The van der Waals surface area contributed by atoms with E-state index in [1.807, 2.05) is 0 Å². The van der Waals surface area contributed by atoms with Crippen LogP contribution in [-0.4, -0.2) is 31.8 Å². The van der Waals surface area contributed by atoms with Crippen LogP contribution in [0.25, 0.3) is 0 Å². The molecule has 4 nitrogen and oxygen atoms in total. The summed E-state index contributed by atoms with van der Waals surface area (Å²) in [5, 5.41) is 3.51. The van der Waals surface area contributed by atoms with E-state index in [2.05, 4.69) is 37.7 Å². The van der Waals surface area contributed by atoms with Crippen molar-refractivity contribution in [3.05, 3.63) is 0 Å². The number of sulfonamides is 1. The molecule has 0 unspecified atom stereocenters. The minimum Gasteiger partial charge on any atom is -0.307 e. The van der Waals surface area contributed by atoms with Gasteiger partial charge in [-0.2, -0.15) is 0 Å².